The first kappa shape index (κ1) is 18.7. The molecule has 0 spiro atoms. The average molecular weight is 347 g/mol. The van der Waals surface area contributed by atoms with Gasteiger partial charge in [0.25, 0.3) is 5.91 Å². The number of benzene rings is 1. The molecule has 1 aromatic carbocycles. The molecule has 134 valence electrons. The van der Waals surface area contributed by atoms with Crippen molar-refractivity contribution in [2.75, 3.05) is 20.3 Å². The predicted octanol–water partition coefficient (Wildman–Crippen LogP) is 2.26. The molecule has 1 heterocycles. The fraction of sp³-hybridized carbons (Fsp3) is 0.389. The summed E-state index contributed by atoms with van der Waals surface area (Å²) in [4.78, 5) is 35.6. The van der Waals surface area contributed by atoms with E-state index in [1.54, 1.807) is 19.2 Å². The highest BCUT2D eigenvalue weighted by molar-refractivity contribution is 5.96. The molecule has 25 heavy (non-hydrogen) atoms. The summed E-state index contributed by atoms with van der Waals surface area (Å²) in [5.74, 6) is -0.549. The van der Waals surface area contributed by atoms with E-state index in [1.807, 2.05) is 6.92 Å². The van der Waals surface area contributed by atoms with Gasteiger partial charge < -0.3 is 19.2 Å². The fourth-order valence-corrected chi connectivity index (χ4v) is 2.21. The number of methoxy groups -OCH3 is 1. The van der Waals surface area contributed by atoms with E-state index >= 15 is 0 Å². The third kappa shape index (κ3) is 5.15. The van der Waals surface area contributed by atoms with Gasteiger partial charge in [0.05, 0.1) is 0 Å². The summed E-state index contributed by atoms with van der Waals surface area (Å²) in [6.07, 6.45) is 1.64. The molecule has 0 atom stereocenters. The first-order valence-electron chi connectivity index (χ1n) is 8.11. The lowest BCUT2D eigenvalue weighted by molar-refractivity contribution is -0.134. The summed E-state index contributed by atoms with van der Waals surface area (Å²) in [7, 11) is 1.58. The Morgan fingerprint density at radius 2 is 2.04 bits per heavy atom. The van der Waals surface area contributed by atoms with Crippen LogP contribution in [-0.4, -0.2) is 32.1 Å². The van der Waals surface area contributed by atoms with Crippen molar-refractivity contribution < 1.29 is 23.5 Å². The monoisotopic (exact) mass is 347 g/mol. The molecule has 1 amide bonds. The Balaban J connectivity index is 2.17. The Labute approximate surface area is 144 Å². The Morgan fingerprint density at radius 1 is 1.24 bits per heavy atom. The molecule has 0 bridgehead atoms. The van der Waals surface area contributed by atoms with Crippen LogP contribution in [0.25, 0.3) is 11.0 Å². The van der Waals surface area contributed by atoms with E-state index in [1.165, 1.54) is 12.1 Å². The summed E-state index contributed by atoms with van der Waals surface area (Å²) in [6, 6.07) is 6.15. The molecule has 1 N–H and O–H groups in total. The van der Waals surface area contributed by atoms with Crippen LogP contribution in [0.4, 0.5) is 0 Å². The van der Waals surface area contributed by atoms with Crippen LogP contribution in [-0.2, 0) is 9.53 Å². The molecule has 7 heteroatoms. The molecule has 0 saturated carbocycles. The van der Waals surface area contributed by atoms with Gasteiger partial charge >= 0.3 is 11.6 Å². The molecule has 0 radical (unpaired) electrons. The summed E-state index contributed by atoms with van der Waals surface area (Å²) in [5.41, 5.74) is -0.558. The number of hydrogen-bond donors (Lipinski definition) is 1. The zero-order valence-corrected chi connectivity index (χ0v) is 14.3. The summed E-state index contributed by atoms with van der Waals surface area (Å²) in [5, 5.41) is 3.21. The second kappa shape index (κ2) is 8.98. The van der Waals surface area contributed by atoms with E-state index < -0.39 is 11.5 Å². The molecular formula is C18H21NO6. The van der Waals surface area contributed by atoms with Gasteiger partial charge in [0.2, 0.25) is 0 Å². The van der Waals surface area contributed by atoms with E-state index in [0.717, 1.165) is 0 Å². The predicted molar refractivity (Wildman–Crippen MR) is 91.9 cm³/mol. The topological polar surface area (TPSA) is 94.8 Å². The molecule has 0 aliphatic heterocycles. The Morgan fingerprint density at radius 3 is 2.76 bits per heavy atom. The van der Waals surface area contributed by atoms with Gasteiger partial charge in [-0.3, -0.25) is 9.59 Å². The number of carbonyl (C=O) groups is 2. The largest absolute Gasteiger partial charge is 0.426 e. The van der Waals surface area contributed by atoms with Gasteiger partial charge in [-0.1, -0.05) is 6.92 Å². The van der Waals surface area contributed by atoms with Crippen LogP contribution < -0.4 is 15.7 Å². The van der Waals surface area contributed by atoms with E-state index in [0.29, 0.717) is 43.5 Å². The normalized spacial score (nSPS) is 10.6. The molecule has 0 aliphatic carbocycles. The van der Waals surface area contributed by atoms with Crippen molar-refractivity contribution >= 4 is 22.8 Å². The lowest BCUT2D eigenvalue weighted by Gasteiger charge is -2.06. The van der Waals surface area contributed by atoms with Crippen LogP contribution in [0.5, 0.6) is 5.75 Å². The highest BCUT2D eigenvalue weighted by Crippen LogP contribution is 2.21. The van der Waals surface area contributed by atoms with Gasteiger partial charge in [-0.2, -0.15) is 0 Å². The smallest absolute Gasteiger partial charge is 0.349 e. The minimum Gasteiger partial charge on any atom is -0.426 e. The summed E-state index contributed by atoms with van der Waals surface area (Å²) >= 11 is 0. The number of carbonyl (C=O) groups excluding carboxylic acids is 2. The molecule has 0 unspecified atom stereocenters. The number of nitrogens with one attached hydrogen (secondary N) is 1. The minimum atomic E-state index is -0.742. The first-order valence-corrected chi connectivity index (χ1v) is 8.11. The fourth-order valence-electron chi connectivity index (χ4n) is 2.21. The average Bonchev–Trinajstić information content (AvgIpc) is 2.58. The zero-order valence-electron chi connectivity index (χ0n) is 14.3. The Bertz CT molecular complexity index is 811. The van der Waals surface area contributed by atoms with Gasteiger partial charge in [0.15, 0.2) is 0 Å². The van der Waals surface area contributed by atoms with Gasteiger partial charge in [0, 0.05) is 38.1 Å². The van der Waals surface area contributed by atoms with E-state index in [4.69, 9.17) is 13.9 Å². The van der Waals surface area contributed by atoms with Crippen LogP contribution >= 0.6 is 0 Å². The van der Waals surface area contributed by atoms with Crippen molar-refractivity contribution in [3.05, 3.63) is 40.2 Å². The first-order chi connectivity index (χ1) is 12.0. The number of hydrogen-bond acceptors (Lipinski definition) is 6. The van der Waals surface area contributed by atoms with Crippen molar-refractivity contribution in [1.82, 2.24) is 5.32 Å². The van der Waals surface area contributed by atoms with Crippen molar-refractivity contribution in [2.45, 2.75) is 26.2 Å². The molecule has 1 aromatic heterocycles. The maximum absolute atomic E-state index is 12.1. The van der Waals surface area contributed by atoms with Crippen LogP contribution in [0.15, 0.2) is 33.5 Å². The van der Waals surface area contributed by atoms with Gasteiger partial charge in [-0.25, -0.2) is 4.79 Å². The van der Waals surface area contributed by atoms with Crippen LogP contribution in [0.1, 0.15) is 36.5 Å². The molecule has 2 rings (SSSR count). The number of amides is 1. The molecule has 7 nitrogen and oxygen atoms in total. The Kier molecular flexibility index (Phi) is 6.71. The van der Waals surface area contributed by atoms with E-state index in [2.05, 4.69) is 5.32 Å². The molecular weight excluding hydrogens is 326 g/mol. The van der Waals surface area contributed by atoms with Gasteiger partial charge in [-0.15, -0.1) is 0 Å². The molecule has 2 aromatic rings. The summed E-state index contributed by atoms with van der Waals surface area (Å²) in [6.45, 7) is 2.80. The third-order valence-electron chi connectivity index (χ3n) is 3.45. The standard InChI is InChI=1S/C18H21NO6/c1-3-5-16(20)24-13-7-6-12-10-14(18(22)25-15(12)11-13)17(21)19-8-4-9-23-2/h6-7,10-11H,3-5,8-9H2,1-2H3,(H,19,21). The quantitative estimate of drug-likeness (QED) is 0.341. The summed E-state index contributed by atoms with van der Waals surface area (Å²) < 4.78 is 15.3. The maximum atomic E-state index is 12.1. The number of esters is 1. The minimum absolute atomic E-state index is 0.0688. The SMILES string of the molecule is CCCC(=O)Oc1ccc2cc(C(=O)NCCCOC)c(=O)oc2c1. The second-order valence-electron chi connectivity index (χ2n) is 5.47. The van der Waals surface area contributed by atoms with Crippen LogP contribution in [0.3, 0.4) is 0 Å². The molecule has 0 saturated heterocycles. The van der Waals surface area contributed by atoms with Gasteiger partial charge in [-0.05, 0) is 31.0 Å². The number of fused-ring (bicyclic) bond motifs is 1. The van der Waals surface area contributed by atoms with Crippen molar-refractivity contribution in [1.29, 1.82) is 0 Å². The third-order valence-corrected chi connectivity index (χ3v) is 3.45. The van der Waals surface area contributed by atoms with Crippen molar-refractivity contribution in [2.24, 2.45) is 0 Å². The molecule has 0 fully saturated rings. The lowest BCUT2D eigenvalue weighted by Crippen LogP contribution is -2.29. The van der Waals surface area contributed by atoms with Crippen LogP contribution in [0, 0.1) is 0 Å². The Hall–Kier alpha value is -2.67. The van der Waals surface area contributed by atoms with E-state index in [-0.39, 0.29) is 17.1 Å². The lowest BCUT2D eigenvalue weighted by atomic mass is 10.1. The van der Waals surface area contributed by atoms with Crippen molar-refractivity contribution in [3.8, 4) is 5.75 Å². The molecule has 0 aliphatic rings. The number of rotatable bonds is 8. The second-order valence-corrected chi connectivity index (χ2v) is 5.47. The number of ether oxygens (including phenoxy) is 2. The highest BCUT2D eigenvalue weighted by atomic mass is 16.5. The zero-order chi connectivity index (χ0) is 18.2. The van der Waals surface area contributed by atoms with Crippen LogP contribution in [0.2, 0.25) is 0 Å². The maximum Gasteiger partial charge on any atom is 0.349 e. The highest BCUT2D eigenvalue weighted by Gasteiger charge is 2.14. The van der Waals surface area contributed by atoms with Crippen molar-refractivity contribution in [3.63, 3.8) is 0 Å². The van der Waals surface area contributed by atoms with E-state index in [9.17, 15) is 14.4 Å². The van der Waals surface area contributed by atoms with Gasteiger partial charge in [0.1, 0.15) is 16.9 Å².